The summed E-state index contributed by atoms with van der Waals surface area (Å²) in [5, 5.41) is 8.31. The van der Waals surface area contributed by atoms with Gasteiger partial charge in [0.15, 0.2) is 0 Å². The van der Waals surface area contributed by atoms with Gasteiger partial charge in [0.25, 0.3) is 0 Å². The standard InChI is InChI=1S/C8H13N3O2S/c9-4-3-8(10)5-11(6-8)14(12,13)7-1-2-7/h7H,1-3,5-6,10H2. The number of nitriles is 1. The molecule has 78 valence electrons. The molecule has 5 nitrogen and oxygen atoms in total. The molecule has 2 fully saturated rings. The van der Waals surface area contributed by atoms with Crippen molar-refractivity contribution in [2.45, 2.75) is 30.1 Å². The minimum Gasteiger partial charge on any atom is -0.322 e. The molecule has 2 rings (SSSR count). The highest BCUT2D eigenvalue weighted by Gasteiger charge is 2.50. The molecule has 1 saturated carbocycles. The van der Waals surface area contributed by atoms with Crippen molar-refractivity contribution in [2.24, 2.45) is 5.73 Å². The summed E-state index contributed by atoms with van der Waals surface area (Å²) in [6, 6.07) is 1.98. The number of hydrogen-bond donors (Lipinski definition) is 1. The topological polar surface area (TPSA) is 87.2 Å². The van der Waals surface area contributed by atoms with Gasteiger partial charge in [0.05, 0.1) is 23.3 Å². The molecule has 6 heteroatoms. The van der Waals surface area contributed by atoms with E-state index in [1.807, 2.05) is 6.07 Å². The molecule has 0 aromatic carbocycles. The minimum absolute atomic E-state index is 0.172. The Hall–Kier alpha value is -0.640. The zero-order valence-corrected chi connectivity index (χ0v) is 8.63. The lowest BCUT2D eigenvalue weighted by Crippen LogP contribution is -2.68. The molecule has 0 radical (unpaired) electrons. The van der Waals surface area contributed by atoms with Crippen molar-refractivity contribution >= 4 is 10.0 Å². The Labute approximate surface area is 83.5 Å². The Morgan fingerprint density at radius 1 is 1.50 bits per heavy atom. The Kier molecular flexibility index (Phi) is 2.07. The van der Waals surface area contributed by atoms with Crippen molar-refractivity contribution in [3.63, 3.8) is 0 Å². The van der Waals surface area contributed by atoms with E-state index in [1.165, 1.54) is 4.31 Å². The predicted octanol–water partition coefficient (Wildman–Crippen LogP) is -0.595. The summed E-state index contributed by atoms with van der Waals surface area (Å²) in [4.78, 5) is 0. The molecule has 0 amide bonds. The molecule has 0 bridgehead atoms. The van der Waals surface area contributed by atoms with Crippen LogP contribution in [0, 0.1) is 11.3 Å². The predicted molar refractivity (Wildman–Crippen MR) is 50.7 cm³/mol. The third-order valence-electron chi connectivity index (χ3n) is 2.72. The molecule has 0 aromatic heterocycles. The van der Waals surface area contributed by atoms with Crippen LogP contribution in [0.2, 0.25) is 0 Å². The van der Waals surface area contributed by atoms with Crippen molar-refractivity contribution in [1.29, 1.82) is 5.26 Å². The first-order chi connectivity index (χ1) is 6.48. The third kappa shape index (κ3) is 1.52. The largest absolute Gasteiger partial charge is 0.322 e. The minimum atomic E-state index is -3.07. The second kappa shape index (κ2) is 2.92. The number of nitrogens with two attached hydrogens (primary N) is 1. The zero-order valence-electron chi connectivity index (χ0n) is 7.81. The van der Waals surface area contributed by atoms with Gasteiger partial charge in [0.1, 0.15) is 0 Å². The second-order valence-corrected chi connectivity index (χ2v) is 6.42. The monoisotopic (exact) mass is 215 g/mol. The molecular weight excluding hydrogens is 202 g/mol. The van der Waals surface area contributed by atoms with Crippen LogP contribution in [-0.2, 0) is 10.0 Å². The Morgan fingerprint density at radius 2 is 2.07 bits per heavy atom. The summed E-state index contributed by atoms with van der Waals surface area (Å²) >= 11 is 0. The lowest BCUT2D eigenvalue weighted by Gasteiger charge is -2.45. The summed E-state index contributed by atoms with van der Waals surface area (Å²) in [6.45, 7) is 0.610. The van der Waals surface area contributed by atoms with Gasteiger partial charge in [-0.05, 0) is 12.8 Å². The maximum Gasteiger partial charge on any atom is 0.217 e. The van der Waals surface area contributed by atoms with Gasteiger partial charge >= 0.3 is 0 Å². The fourth-order valence-corrected chi connectivity index (χ4v) is 3.71. The van der Waals surface area contributed by atoms with Crippen LogP contribution in [0.4, 0.5) is 0 Å². The number of rotatable bonds is 3. The van der Waals surface area contributed by atoms with Crippen LogP contribution in [0.1, 0.15) is 19.3 Å². The first-order valence-corrected chi connectivity index (χ1v) is 6.13. The Balaban J connectivity index is 1.97. The van der Waals surface area contributed by atoms with E-state index < -0.39 is 15.6 Å². The Morgan fingerprint density at radius 3 is 2.50 bits per heavy atom. The van der Waals surface area contributed by atoms with Crippen LogP contribution in [0.5, 0.6) is 0 Å². The van der Waals surface area contributed by atoms with Gasteiger partial charge in [-0.15, -0.1) is 0 Å². The van der Waals surface area contributed by atoms with E-state index in [0.717, 1.165) is 12.8 Å². The van der Waals surface area contributed by atoms with Crippen molar-refractivity contribution < 1.29 is 8.42 Å². The zero-order chi connectivity index (χ0) is 10.4. The van der Waals surface area contributed by atoms with Gasteiger partial charge in [-0.1, -0.05) is 0 Å². The summed E-state index contributed by atoms with van der Waals surface area (Å²) < 4.78 is 24.7. The van der Waals surface area contributed by atoms with E-state index in [2.05, 4.69) is 0 Å². The van der Waals surface area contributed by atoms with Crippen molar-refractivity contribution in [2.75, 3.05) is 13.1 Å². The average molecular weight is 215 g/mol. The third-order valence-corrected chi connectivity index (χ3v) is 5.01. The fourth-order valence-electron chi connectivity index (χ4n) is 1.68. The van der Waals surface area contributed by atoms with E-state index >= 15 is 0 Å². The van der Waals surface area contributed by atoms with Gasteiger partial charge in [-0.3, -0.25) is 0 Å². The van der Waals surface area contributed by atoms with Crippen molar-refractivity contribution in [3.05, 3.63) is 0 Å². The van der Waals surface area contributed by atoms with Crippen molar-refractivity contribution in [3.8, 4) is 6.07 Å². The van der Waals surface area contributed by atoms with Crippen LogP contribution >= 0.6 is 0 Å². The maximum atomic E-state index is 11.7. The second-order valence-electron chi connectivity index (χ2n) is 4.21. The van der Waals surface area contributed by atoms with Crippen LogP contribution < -0.4 is 5.73 Å². The fraction of sp³-hybridized carbons (Fsp3) is 0.875. The highest BCUT2D eigenvalue weighted by atomic mass is 32.2. The molecule has 0 unspecified atom stereocenters. The number of nitrogens with zero attached hydrogens (tertiary/aromatic N) is 2. The van der Waals surface area contributed by atoms with Gasteiger partial charge in [-0.2, -0.15) is 9.57 Å². The molecule has 0 spiro atoms. The van der Waals surface area contributed by atoms with Gasteiger partial charge in [0.2, 0.25) is 10.0 Å². The van der Waals surface area contributed by atoms with E-state index in [4.69, 9.17) is 11.0 Å². The molecule has 2 N–H and O–H groups in total. The number of hydrogen-bond acceptors (Lipinski definition) is 4. The Bertz CT molecular complexity index is 374. The summed E-state index contributed by atoms with van der Waals surface area (Å²) in [7, 11) is -3.07. The quantitative estimate of drug-likeness (QED) is 0.681. The average Bonchev–Trinajstić information content (AvgIpc) is 2.82. The van der Waals surface area contributed by atoms with Crippen LogP contribution in [0.15, 0.2) is 0 Å². The van der Waals surface area contributed by atoms with Crippen LogP contribution in [-0.4, -0.2) is 36.6 Å². The van der Waals surface area contributed by atoms with E-state index in [9.17, 15) is 8.42 Å². The van der Waals surface area contributed by atoms with Crippen molar-refractivity contribution in [1.82, 2.24) is 4.31 Å². The first kappa shape index (κ1) is 9.90. The molecule has 1 heterocycles. The summed E-state index contributed by atoms with van der Waals surface area (Å²) in [6.07, 6.45) is 1.77. The molecule has 1 aliphatic carbocycles. The summed E-state index contributed by atoms with van der Waals surface area (Å²) in [5.41, 5.74) is 5.19. The SMILES string of the molecule is N#CCC1(N)CN(S(=O)(=O)C2CC2)C1. The molecule has 0 atom stereocenters. The molecule has 14 heavy (non-hydrogen) atoms. The maximum absolute atomic E-state index is 11.7. The lowest BCUT2D eigenvalue weighted by molar-refractivity contribution is 0.162. The van der Waals surface area contributed by atoms with Gasteiger partial charge < -0.3 is 5.73 Å². The molecular formula is C8H13N3O2S. The van der Waals surface area contributed by atoms with E-state index in [1.54, 1.807) is 0 Å². The number of sulfonamides is 1. The van der Waals surface area contributed by atoms with Gasteiger partial charge in [0, 0.05) is 13.1 Å². The van der Waals surface area contributed by atoms with Crippen LogP contribution in [0.25, 0.3) is 0 Å². The van der Waals surface area contributed by atoms with Gasteiger partial charge in [-0.25, -0.2) is 8.42 Å². The smallest absolute Gasteiger partial charge is 0.217 e. The molecule has 2 aliphatic rings. The molecule has 1 aliphatic heterocycles. The highest BCUT2D eigenvalue weighted by molar-refractivity contribution is 7.90. The normalized spacial score (nSPS) is 26.6. The highest BCUT2D eigenvalue weighted by Crippen LogP contribution is 2.35. The summed E-state index contributed by atoms with van der Waals surface area (Å²) in [5.74, 6) is 0. The molecule has 1 saturated heterocycles. The van der Waals surface area contributed by atoms with E-state index in [-0.39, 0.29) is 11.7 Å². The van der Waals surface area contributed by atoms with E-state index in [0.29, 0.717) is 13.1 Å². The van der Waals surface area contributed by atoms with Crippen LogP contribution in [0.3, 0.4) is 0 Å². The lowest BCUT2D eigenvalue weighted by atomic mass is 9.91. The molecule has 0 aromatic rings. The first-order valence-electron chi connectivity index (χ1n) is 4.63.